The van der Waals surface area contributed by atoms with E-state index in [9.17, 15) is 0 Å². The number of rotatable bonds is 3. The van der Waals surface area contributed by atoms with Gasteiger partial charge in [0.25, 0.3) is 0 Å². The van der Waals surface area contributed by atoms with Crippen LogP contribution in [0, 0.1) is 6.92 Å². The molecule has 1 N–H and O–H groups in total. The highest BCUT2D eigenvalue weighted by molar-refractivity contribution is 7.98. The largest absolute Gasteiger partial charge is 0.358 e. The zero-order chi connectivity index (χ0) is 20.7. The van der Waals surface area contributed by atoms with E-state index in [0.717, 1.165) is 0 Å². The first-order chi connectivity index (χ1) is 13.7. The third-order valence-electron chi connectivity index (χ3n) is 4.64. The van der Waals surface area contributed by atoms with Gasteiger partial charge < -0.3 is 4.98 Å². The highest BCUT2D eigenvalue weighted by atomic mass is 32.2. The van der Waals surface area contributed by atoms with Gasteiger partial charge in [-0.3, -0.25) is 0 Å². The quantitative estimate of drug-likeness (QED) is 0.346. The van der Waals surface area contributed by atoms with Gasteiger partial charge in [-0.25, -0.2) is 0 Å². The van der Waals surface area contributed by atoms with Gasteiger partial charge in [-0.2, -0.15) is 0 Å². The molecule has 0 aliphatic carbocycles. The average Bonchev–Trinajstić information content (AvgIpc) is 3.11. The van der Waals surface area contributed by atoms with Gasteiger partial charge in [-0.1, -0.05) is 76.7 Å². The number of H-pyrrole nitrogens is 1. The molecule has 0 aliphatic heterocycles. The van der Waals surface area contributed by atoms with E-state index in [1.807, 2.05) is 33.8 Å². The molecule has 0 unspecified atom stereocenters. The Morgan fingerprint density at radius 2 is 1.61 bits per heavy atom. The fourth-order valence-corrected chi connectivity index (χ4v) is 4.10. The summed E-state index contributed by atoms with van der Waals surface area (Å²) in [5, 5.41) is 3.80. The fourth-order valence-electron chi connectivity index (χ4n) is 3.48. The summed E-state index contributed by atoms with van der Waals surface area (Å²) in [6.45, 7) is 14.1. The smallest absolute Gasteiger partial charge is 0.0468 e. The van der Waals surface area contributed by atoms with Crippen LogP contribution in [0.3, 0.4) is 0 Å². The number of nitrogens with one attached hydrogen (secondary N) is 1. The minimum absolute atomic E-state index is 1.17. The topological polar surface area (TPSA) is 15.8 Å². The monoisotopic (exact) mass is 389 g/mol. The third kappa shape index (κ3) is 4.02. The SMILES string of the molecule is C=Cc1c(C)[nH]c2ccc3ccc(-c4ccccc4SC)cc3c12.CC.CC. The Labute approximate surface area is 173 Å². The number of hydrogen-bond acceptors (Lipinski definition) is 1. The van der Waals surface area contributed by atoms with Crippen LogP contribution in [0.2, 0.25) is 0 Å². The van der Waals surface area contributed by atoms with Crippen molar-refractivity contribution in [2.24, 2.45) is 0 Å². The highest BCUT2D eigenvalue weighted by Gasteiger charge is 2.11. The molecule has 28 heavy (non-hydrogen) atoms. The molecule has 0 fully saturated rings. The van der Waals surface area contributed by atoms with E-state index in [1.165, 1.54) is 49.0 Å². The maximum atomic E-state index is 4.01. The summed E-state index contributed by atoms with van der Waals surface area (Å²) in [4.78, 5) is 4.78. The second-order valence-corrected chi connectivity index (χ2v) is 6.84. The fraction of sp³-hybridized carbons (Fsp3) is 0.231. The molecule has 0 aliphatic rings. The number of thioether (sulfide) groups is 1. The summed E-state index contributed by atoms with van der Waals surface area (Å²) in [7, 11) is 0. The highest BCUT2D eigenvalue weighted by Crippen LogP contribution is 2.36. The van der Waals surface area contributed by atoms with Gasteiger partial charge >= 0.3 is 0 Å². The lowest BCUT2D eigenvalue weighted by Crippen LogP contribution is -1.84. The zero-order valence-electron chi connectivity index (χ0n) is 17.9. The molecule has 1 heterocycles. The van der Waals surface area contributed by atoms with Gasteiger partial charge in [0.15, 0.2) is 0 Å². The number of hydrogen-bond donors (Lipinski definition) is 1. The Kier molecular flexibility index (Phi) is 7.95. The van der Waals surface area contributed by atoms with Crippen molar-refractivity contribution in [3.63, 3.8) is 0 Å². The molecule has 146 valence electrons. The van der Waals surface area contributed by atoms with Crippen LogP contribution >= 0.6 is 11.8 Å². The lowest BCUT2D eigenvalue weighted by Gasteiger charge is -2.09. The molecule has 1 nitrogen and oxygen atoms in total. The number of aryl methyl sites for hydroxylation is 1. The van der Waals surface area contributed by atoms with Crippen LogP contribution in [-0.2, 0) is 0 Å². The minimum Gasteiger partial charge on any atom is -0.358 e. The molecule has 0 spiro atoms. The van der Waals surface area contributed by atoms with Crippen LogP contribution in [0.1, 0.15) is 39.0 Å². The molecule has 4 aromatic rings. The van der Waals surface area contributed by atoms with Gasteiger partial charge in [0.2, 0.25) is 0 Å². The molecule has 0 saturated carbocycles. The molecule has 3 aromatic carbocycles. The van der Waals surface area contributed by atoms with Crippen molar-refractivity contribution in [2.45, 2.75) is 39.5 Å². The molecule has 2 heteroatoms. The van der Waals surface area contributed by atoms with E-state index < -0.39 is 0 Å². The standard InChI is InChI=1S/C22H19NS.2C2H6/c1-4-17-14(2)23-20-12-11-15-9-10-16(13-19(15)22(17)20)18-7-5-6-8-21(18)24-3;2*1-2/h4-13,23H,1H2,2-3H3;2*1-2H3. The van der Waals surface area contributed by atoms with Gasteiger partial charge in [-0.05, 0) is 53.3 Å². The Bertz CT molecular complexity index is 1070. The molecular formula is C26H31NS. The minimum atomic E-state index is 1.17. The number of aromatic amines is 1. The van der Waals surface area contributed by atoms with Crippen LogP contribution in [0.25, 0.3) is 38.9 Å². The maximum absolute atomic E-state index is 4.01. The summed E-state index contributed by atoms with van der Waals surface area (Å²) in [6.07, 6.45) is 4.08. The van der Waals surface area contributed by atoms with E-state index >= 15 is 0 Å². The molecule has 0 saturated heterocycles. The first-order valence-electron chi connectivity index (χ1n) is 10.0. The lowest BCUT2D eigenvalue weighted by atomic mass is 9.97. The Morgan fingerprint density at radius 3 is 2.29 bits per heavy atom. The predicted octanol–water partition coefficient (Wildman–Crippen LogP) is 8.71. The first kappa shape index (κ1) is 21.8. The summed E-state index contributed by atoms with van der Waals surface area (Å²) in [5.74, 6) is 0. The van der Waals surface area contributed by atoms with E-state index in [2.05, 4.69) is 79.3 Å². The summed E-state index contributed by atoms with van der Waals surface area (Å²) < 4.78 is 0. The lowest BCUT2D eigenvalue weighted by molar-refractivity contribution is 1.29. The van der Waals surface area contributed by atoms with Crippen molar-refractivity contribution < 1.29 is 0 Å². The molecule has 0 atom stereocenters. The van der Waals surface area contributed by atoms with Crippen LogP contribution in [0.15, 0.2) is 66.1 Å². The van der Waals surface area contributed by atoms with Crippen LogP contribution in [-0.4, -0.2) is 11.2 Å². The van der Waals surface area contributed by atoms with E-state index in [4.69, 9.17) is 0 Å². The van der Waals surface area contributed by atoms with Crippen LogP contribution in [0.4, 0.5) is 0 Å². The molecule has 1 aromatic heterocycles. The van der Waals surface area contributed by atoms with Gasteiger partial charge in [0.05, 0.1) is 0 Å². The second-order valence-electron chi connectivity index (χ2n) is 5.99. The van der Waals surface area contributed by atoms with Crippen LogP contribution in [0.5, 0.6) is 0 Å². The summed E-state index contributed by atoms with van der Waals surface area (Å²) in [6, 6.07) is 19.7. The summed E-state index contributed by atoms with van der Waals surface area (Å²) >= 11 is 1.79. The third-order valence-corrected chi connectivity index (χ3v) is 5.43. The van der Waals surface area contributed by atoms with Crippen molar-refractivity contribution in [3.05, 3.63) is 72.4 Å². The van der Waals surface area contributed by atoms with Gasteiger partial charge in [0, 0.05) is 27.1 Å². The van der Waals surface area contributed by atoms with Crippen molar-refractivity contribution in [3.8, 4) is 11.1 Å². The second kappa shape index (κ2) is 10.2. The van der Waals surface area contributed by atoms with E-state index in [1.54, 1.807) is 11.8 Å². The van der Waals surface area contributed by atoms with Crippen molar-refractivity contribution in [2.75, 3.05) is 6.26 Å². The van der Waals surface area contributed by atoms with E-state index in [0.29, 0.717) is 0 Å². The predicted molar refractivity (Wildman–Crippen MR) is 131 cm³/mol. The van der Waals surface area contributed by atoms with Crippen molar-refractivity contribution in [1.82, 2.24) is 4.98 Å². The normalized spacial score (nSPS) is 10.1. The molecule has 0 bridgehead atoms. The molecular weight excluding hydrogens is 358 g/mol. The number of aromatic nitrogens is 1. The zero-order valence-corrected chi connectivity index (χ0v) is 18.7. The molecule has 4 rings (SSSR count). The Hall–Kier alpha value is -2.45. The summed E-state index contributed by atoms with van der Waals surface area (Å²) in [5.41, 5.74) is 6.09. The van der Waals surface area contributed by atoms with Crippen molar-refractivity contribution >= 4 is 39.5 Å². The molecule has 0 radical (unpaired) electrons. The first-order valence-corrected chi connectivity index (χ1v) is 11.3. The number of benzene rings is 3. The van der Waals surface area contributed by atoms with Gasteiger partial charge in [-0.15, -0.1) is 11.8 Å². The number of fused-ring (bicyclic) bond motifs is 3. The Balaban J connectivity index is 0.000000660. The van der Waals surface area contributed by atoms with E-state index in [-0.39, 0.29) is 0 Å². The van der Waals surface area contributed by atoms with Crippen molar-refractivity contribution in [1.29, 1.82) is 0 Å². The Morgan fingerprint density at radius 1 is 0.929 bits per heavy atom. The molecule has 0 amide bonds. The average molecular weight is 390 g/mol. The van der Waals surface area contributed by atoms with Crippen LogP contribution < -0.4 is 0 Å². The maximum Gasteiger partial charge on any atom is 0.0468 e. The van der Waals surface area contributed by atoms with Gasteiger partial charge in [0.1, 0.15) is 0 Å².